The molecule has 1 saturated heterocycles. The van der Waals surface area contributed by atoms with E-state index in [-0.39, 0.29) is 5.91 Å². The maximum atomic E-state index is 11.1. The van der Waals surface area contributed by atoms with Crippen LogP contribution in [-0.4, -0.2) is 38.5 Å². The summed E-state index contributed by atoms with van der Waals surface area (Å²) in [6.07, 6.45) is 2.41. The molecule has 1 unspecified atom stereocenters. The van der Waals surface area contributed by atoms with E-state index in [0.29, 0.717) is 12.5 Å². The van der Waals surface area contributed by atoms with E-state index < -0.39 is 0 Å². The lowest BCUT2D eigenvalue weighted by atomic mass is 10.1. The molecular formula is C9H18N4O. The van der Waals surface area contributed by atoms with Crippen LogP contribution in [0.25, 0.3) is 0 Å². The van der Waals surface area contributed by atoms with Gasteiger partial charge in [-0.2, -0.15) is 0 Å². The van der Waals surface area contributed by atoms with Crippen molar-refractivity contribution in [3.63, 3.8) is 0 Å². The minimum atomic E-state index is 0.147. The van der Waals surface area contributed by atoms with Crippen molar-refractivity contribution in [1.29, 1.82) is 0 Å². The Labute approximate surface area is 84.4 Å². The minimum absolute atomic E-state index is 0.147. The first-order valence-electron chi connectivity index (χ1n) is 4.94. The van der Waals surface area contributed by atoms with Crippen molar-refractivity contribution >= 4 is 11.9 Å². The normalized spacial score (nSPS) is 23.7. The van der Waals surface area contributed by atoms with Gasteiger partial charge >= 0.3 is 0 Å². The summed E-state index contributed by atoms with van der Waals surface area (Å²) >= 11 is 0. The van der Waals surface area contributed by atoms with Crippen LogP contribution in [0.2, 0.25) is 0 Å². The molecule has 80 valence electrons. The average molecular weight is 198 g/mol. The zero-order valence-corrected chi connectivity index (χ0v) is 8.76. The molecular weight excluding hydrogens is 180 g/mol. The molecule has 0 spiro atoms. The van der Waals surface area contributed by atoms with Gasteiger partial charge in [-0.05, 0) is 12.8 Å². The number of nitrogens with zero attached hydrogens (tertiary/aromatic N) is 1. The van der Waals surface area contributed by atoms with E-state index in [4.69, 9.17) is 0 Å². The summed E-state index contributed by atoms with van der Waals surface area (Å²) in [5.74, 6) is 0.929. The number of aliphatic imine (C=N–C) groups is 1. The average Bonchev–Trinajstić information content (AvgIpc) is 2.40. The molecule has 0 bridgehead atoms. The molecule has 0 saturated carbocycles. The standard InChI is InChI=1S/C9H18N4O/c1-10-9(11-2)13-7-3-4-8(14)12-6-5-7/h7H,3-6H2,1-2H3,(H,12,14)(H2,10,11,13). The molecule has 0 aliphatic carbocycles. The Balaban J connectivity index is 2.40. The molecule has 1 aliphatic heterocycles. The van der Waals surface area contributed by atoms with Crippen LogP contribution >= 0.6 is 0 Å². The van der Waals surface area contributed by atoms with Crippen molar-refractivity contribution in [1.82, 2.24) is 16.0 Å². The summed E-state index contributed by atoms with van der Waals surface area (Å²) in [6, 6.07) is 0.333. The Hall–Kier alpha value is -1.26. The smallest absolute Gasteiger partial charge is 0.220 e. The minimum Gasteiger partial charge on any atom is -0.359 e. The van der Waals surface area contributed by atoms with E-state index in [1.165, 1.54) is 0 Å². The highest BCUT2D eigenvalue weighted by Crippen LogP contribution is 2.05. The van der Waals surface area contributed by atoms with Crippen molar-refractivity contribution in [2.24, 2.45) is 4.99 Å². The fourth-order valence-corrected chi connectivity index (χ4v) is 1.51. The number of carbonyl (C=O) groups excluding carboxylic acids is 1. The number of hydrogen-bond acceptors (Lipinski definition) is 2. The first kappa shape index (κ1) is 10.8. The molecule has 1 fully saturated rings. The van der Waals surface area contributed by atoms with Gasteiger partial charge < -0.3 is 16.0 Å². The second-order valence-corrected chi connectivity index (χ2v) is 3.34. The third kappa shape index (κ3) is 3.24. The lowest BCUT2D eigenvalue weighted by Gasteiger charge is -2.17. The molecule has 1 heterocycles. The van der Waals surface area contributed by atoms with E-state index in [1.807, 2.05) is 7.05 Å². The van der Waals surface area contributed by atoms with Gasteiger partial charge in [-0.15, -0.1) is 0 Å². The van der Waals surface area contributed by atoms with Crippen molar-refractivity contribution in [2.45, 2.75) is 25.3 Å². The molecule has 0 aromatic heterocycles. The Morgan fingerprint density at radius 3 is 3.00 bits per heavy atom. The number of amides is 1. The maximum Gasteiger partial charge on any atom is 0.220 e. The highest BCUT2D eigenvalue weighted by atomic mass is 16.1. The van der Waals surface area contributed by atoms with Gasteiger partial charge in [0.1, 0.15) is 0 Å². The molecule has 0 aromatic carbocycles. The molecule has 5 heteroatoms. The third-order valence-electron chi connectivity index (χ3n) is 2.34. The number of hydrogen-bond donors (Lipinski definition) is 3. The monoisotopic (exact) mass is 198 g/mol. The van der Waals surface area contributed by atoms with Crippen LogP contribution in [0.3, 0.4) is 0 Å². The molecule has 3 N–H and O–H groups in total. The quantitative estimate of drug-likeness (QED) is 0.391. The number of rotatable bonds is 1. The summed E-state index contributed by atoms with van der Waals surface area (Å²) < 4.78 is 0. The van der Waals surface area contributed by atoms with Crippen LogP contribution in [0.4, 0.5) is 0 Å². The topological polar surface area (TPSA) is 65.5 Å². The fraction of sp³-hybridized carbons (Fsp3) is 0.778. The number of nitrogens with one attached hydrogen (secondary N) is 3. The van der Waals surface area contributed by atoms with E-state index in [2.05, 4.69) is 20.9 Å². The van der Waals surface area contributed by atoms with E-state index >= 15 is 0 Å². The van der Waals surface area contributed by atoms with E-state index in [1.54, 1.807) is 7.05 Å². The number of carbonyl (C=O) groups is 1. The van der Waals surface area contributed by atoms with Crippen LogP contribution in [0.1, 0.15) is 19.3 Å². The Morgan fingerprint density at radius 2 is 2.36 bits per heavy atom. The van der Waals surface area contributed by atoms with Gasteiger partial charge in [-0.25, -0.2) is 0 Å². The SMILES string of the molecule is CN=C(NC)NC1CCNC(=O)CC1. The zero-order valence-electron chi connectivity index (χ0n) is 8.76. The Bertz CT molecular complexity index is 227. The van der Waals surface area contributed by atoms with Crippen molar-refractivity contribution in [3.8, 4) is 0 Å². The molecule has 14 heavy (non-hydrogen) atoms. The van der Waals surface area contributed by atoms with Crippen LogP contribution in [0.5, 0.6) is 0 Å². The maximum absolute atomic E-state index is 11.1. The molecule has 0 aromatic rings. The Morgan fingerprint density at radius 1 is 1.57 bits per heavy atom. The molecule has 1 aliphatic rings. The van der Waals surface area contributed by atoms with Crippen LogP contribution in [0, 0.1) is 0 Å². The molecule has 1 amide bonds. The molecule has 0 radical (unpaired) electrons. The van der Waals surface area contributed by atoms with Gasteiger partial charge in [0, 0.05) is 33.1 Å². The first-order chi connectivity index (χ1) is 6.76. The zero-order chi connectivity index (χ0) is 10.4. The van der Waals surface area contributed by atoms with Crippen molar-refractivity contribution < 1.29 is 4.79 Å². The predicted molar refractivity (Wildman–Crippen MR) is 56.2 cm³/mol. The highest BCUT2D eigenvalue weighted by molar-refractivity contribution is 5.80. The van der Waals surface area contributed by atoms with Gasteiger partial charge in [0.05, 0.1) is 0 Å². The largest absolute Gasteiger partial charge is 0.359 e. The third-order valence-corrected chi connectivity index (χ3v) is 2.34. The van der Waals surface area contributed by atoms with Gasteiger partial charge in [0.2, 0.25) is 5.91 Å². The van der Waals surface area contributed by atoms with E-state index in [9.17, 15) is 4.79 Å². The van der Waals surface area contributed by atoms with Crippen molar-refractivity contribution in [2.75, 3.05) is 20.6 Å². The summed E-state index contributed by atoms with van der Waals surface area (Å²) in [4.78, 5) is 15.1. The van der Waals surface area contributed by atoms with Gasteiger partial charge in [0.15, 0.2) is 5.96 Å². The first-order valence-corrected chi connectivity index (χ1v) is 4.94. The lowest BCUT2D eigenvalue weighted by Crippen LogP contribution is -2.42. The lowest BCUT2D eigenvalue weighted by molar-refractivity contribution is -0.120. The summed E-state index contributed by atoms with van der Waals surface area (Å²) in [7, 11) is 3.56. The van der Waals surface area contributed by atoms with Crippen LogP contribution < -0.4 is 16.0 Å². The summed E-state index contributed by atoms with van der Waals surface area (Å²) in [5, 5.41) is 9.07. The summed E-state index contributed by atoms with van der Waals surface area (Å²) in [5.41, 5.74) is 0. The van der Waals surface area contributed by atoms with E-state index in [0.717, 1.165) is 25.3 Å². The molecule has 1 rings (SSSR count). The summed E-state index contributed by atoms with van der Waals surface area (Å²) in [6.45, 7) is 0.747. The second-order valence-electron chi connectivity index (χ2n) is 3.34. The van der Waals surface area contributed by atoms with Crippen LogP contribution in [-0.2, 0) is 4.79 Å². The van der Waals surface area contributed by atoms with Gasteiger partial charge in [-0.3, -0.25) is 9.79 Å². The number of guanidine groups is 1. The second kappa shape index (κ2) is 5.47. The van der Waals surface area contributed by atoms with Crippen LogP contribution in [0.15, 0.2) is 4.99 Å². The van der Waals surface area contributed by atoms with Gasteiger partial charge in [0.25, 0.3) is 0 Å². The Kier molecular flexibility index (Phi) is 4.22. The molecule has 5 nitrogen and oxygen atoms in total. The molecule has 1 atom stereocenters. The predicted octanol–water partition coefficient (Wildman–Crippen LogP) is -0.550. The van der Waals surface area contributed by atoms with Crippen molar-refractivity contribution in [3.05, 3.63) is 0 Å². The fourth-order valence-electron chi connectivity index (χ4n) is 1.51. The van der Waals surface area contributed by atoms with Gasteiger partial charge in [-0.1, -0.05) is 0 Å². The highest BCUT2D eigenvalue weighted by Gasteiger charge is 2.16.